The summed E-state index contributed by atoms with van der Waals surface area (Å²) in [5.41, 5.74) is 0. The molecule has 16 heavy (non-hydrogen) atoms. The quantitative estimate of drug-likeness (QED) is 0.816. The second kappa shape index (κ2) is 6.60. The van der Waals surface area contributed by atoms with Crippen LogP contribution in [0, 0.1) is 0 Å². The Morgan fingerprint density at radius 1 is 1.56 bits per heavy atom. The van der Waals surface area contributed by atoms with Crippen LogP contribution in [0.25, 0.3) is 0 Å². The van der Waals surface area contributed by atoms with Gasteiger partial charge in [-0.2, -0.15) is 0 Å². The average Bonchev–Trinajstić information content (AvgIpc) is 2.75. The number of aromatic nitrogens is 1. The van der Waals surface area contributed by atoms with E-state index in [2.05, 4.69) is 17.2 Å². The predicted octanol–water partition coefficient (Wildman–Crippen LogP) is 1.27. The Morgan fingerprint density at radius 2 is 2.31 bits per heavy atom. The van der Waals surface area contributed by atoms with Crippen molar-refractivity contribution in [1.29, 1.82) is 0 Å². The van der Waals surface area contributed by atoms with Crippen molar-refractivity contribution in [2.75, 3.05) is 20.1 Å². The van der Waals surface area contributed by atoms with Crippen LogP contribution >= 0.6 is 11.3 Å². The van der Waals surface area contributed by atoms with Gasteiger partial charge in [0.1, 0.15) is 0 Å². The van der Waals surface area contributed by atoms with Gasteiger partial charge in [-0.15, -0.1) is 11.3 Å². The minimum Gasteiger partial charge on any atom is -0.345 e. The number of nitrogens with zero attached hydrogens (tertiary/aromatic N) is 2. The lowest BCUT2D eigenvalue weighted by Gasteiger charge is -2.14. The lowest BCUT2D eigenvalue weighted by atomic mass is 10.4. The van der Waals surface area contributed by atoms with E-state index in [1.54, 1.807) is 16.2 Å². The molecule has 1 heterocycles. The molecule has 0 spiro atoms. The van der Waals surface area contributed by atoms with Crippen LogP contribution in [0.1, 0.15) is 23.7 Å². The van der Waals surface area contributed by atoms with Gasteiger partial charge in [0.15, 0.2) is 0 Å². The van der Waals surface area contributed by atoms with Gasteiger partial charge in [0.05, 0.1) is 11.6 Å². The summed E-state index contributed by atoms with van der Waals surface area (Å²) in [6.45, 7) is 5.93. The zero-order chi connectivity index (χ0) is 12.0. The molecule has 0 saturated heterocycles. The molecule has 0 unspecified atom stereocenters. The van der Waals surface area contributed by atoms with Gasteiger partial charge < -0.3 is 10.2 Å². The van der Waals surface area contributed by atoms with Crippen LogP contribution in [0.3, 0.4) is 0 Å². The Labute approximate surface area is 101 Å². The third-order valence-corrected chi connectivity index (χ3v) is 3.52. The minimum absolute atomic E-state index is 0.128. The summed E-state index contributed by atoms with van der Waals surface area (Å²) >= 11 is 1.70. The van der Waals surface area contributed by atoms with E-state index < -0.39 is 0 Å². The molecule has 1 N–H and O–H groups in total. The van der Waals surface area contributed by atoms with Gasteiger partial charge in [-0.1, -0.05) is 6.92 Å². The lowest BCUT2D eigenvalue weighted by Crippen LogP contribution is -2.34. The monoisotopic (exact) mass is 241 g/mol. The van der Waals surface area contributed by atoms with E-state index in [0.717, 1.165) is 24.5 Å². The first-order valence-corrected chi connectivity index (χ1v) is 6.37. The Bertz CT molecular complexity index is 338. The van der Waals surface area contributed by atoms with Gasteiger partial charge in [-0.25, -0.2) is 4.98 Å². The number of amides is 1. The van der Waals surface area contributed by atoms with E-state index in [-0.39, 0.29) is 5.91 Å². The SMILES string of the molecule is CCc1ncc(CNCC(=O)N(C)CC)s1. The third-order valence-electron chi connectivity index (χ3n) is 2.38. The van der Waals surface area contributed by atoms with Crippen molar-refractivity contribution < 1.29 is 4.79 Å². The first-order valence-electron chi connectivity index (χ1n) is 5.55. The Balaban J connectivity index is 2.27. The summed E-state index contributed by atoms with van der Waals surface area (Å²) in [5.74, 6) is 0.128. The van der Waals surface area contributed by atoms with Crippen molar-refractivity contribution >= 4 is 17.2 Å². The highest BCUT2D eigenvalue weighted by atomic mass is 32.1. The molecule has 1 aromatic heterocycles. The zero-order valence-corrected chi connectivity index (χ0v) is 10.9. The molecule has 90 valence electrons. The smallest absolute Gasteiger partial charge is 0.236 e. The van der Waals surface area contributed by atoms with Gasteiger partial charge in [-0.05, 0) is 13.3 Å². The molecule has 0 bridgehead atoms. The number of nitrogens with one attached hydrogen (secondary N) is 1. The Hall–Kier alpha value is -0.940. The molecule has 0 aromatic carbocycles. The van der Waals surface area contributed by atoms with Crippen molar-refractivity contribution in [3.05, 3.63) is 16.1 Å². The molecule has 4 nitrogen and oxygen atoms in total. The number of carbonyl (C=O) groups excluding carboxylic acids is 1. The van der Waals surface area contributed by atoms with E-state index >= 15 is 0 Å². The number of carbonyl (C=O) groups is 1. The maximum absolute atomic E-state index is 11.5. The lowest BCUT2D eigenvalue weighted by molar-refractivity contribution is -0.128. The molecule has 0 aliphatic rings. The summed E-state index contributed by atoms with van der Waals surface area (Å²) in [6, 6.07) is 0. The predicted molar refractivity (Wildman–Crippen MR) is 66.5 cm³/mol. The highest BCUT2D eigenvalue weighted by Crippen LogP contribution is 2.12. The van der Waals surface area contributed by atoms with Crippen molar-refractivity contribution in [1.82, 2.24) is 15.2 Å². The highest BCUT2D eigenvalue weighted by Gasteiger charge is 2.06. The summed E-state index contributed by atoms with van der Waals surface area (Å²) in [4.78, 5) is 18.6. The van der Waals surface area contributed by atoms with Crippen LogP contribution < -0.4 is 5.32 Å². The van der Waals surface area contributed by atoms with Crippen LogP contribution in [0.15, 0.2) is 6.20 Å². The van der Waals surface area contributed by atoms with Gasteiger partial charge in [0, 0.05) is 31.2 Å². The Morgan fingerprint density at radius 3 is 2.88 bits per heavy atom. The molecule has 0 fully saturated rings. The van der Waals surface area contributed by atoms with E-state index in [4.69, 9.17) is 0 Å². The molecular weight excluding hydrogens is 222 g/mol. The maximum Gasteiger partial charge on any atom is 0.236 e. The van der Waals surface area contributed by atoms with Crippen LogP contribution in [-0.4, -0.2) is 35.9 Å². The van der Waals surface area contributed by atoms with Crippen molar-refractivity contribution in [3.8, 4) is 0 Å². The van der Waals surface area contributed by atoms with Gasteiger partial charge >= 0.3 is 0 Å². The molecule has 1 rings (SSSR count). The van der Waals surface area contributed by atoms with Crippen LogP contribution in [-0.2, 0) is 17.8 Å². The fourth-order valence-electron chi connectivity index (χ4n) is 1.20. The first kappa shape index (κ1) is 13.1. The van der Waals surface area contributed by atoms with E-state index in [9.17, 15) is 4.79 Å². The highest BCUT2D eigenvalue weighted by molar-refractivity contribution is 7.11. The van der Waals surface area contributed by atoms with Crippen LogP contribution in [0.5, 0.6) is 0 Å². The normalized spacial score (nSPS) is 10.4. The molecular formula is C11H19N3OS. The number of aryl methyl sites for hydroxylation is 1. The number of rotatable bonds is 6. The van der Waals surface area contributed by atoms with Crippen LogP contribution in [0.2, 0.25) is 0 Å². The molecule has 1 aromatic rings. The molecule has 0 saturated carbocycles. The summed E-state index contributed by atoms with van der Waals surface area (Å²) < 4.78 is 0. The van der Waals surface area contributed by atoms with Crippen molar-refractivity contribution in [3.63, 3.8) is 0 Å². The number of hydrogen-bond acceptors (Lipinski definition) is 4. The second-order valence-electron chi connectivity index (χ2n) is 3.59. The summed E-state index contributed by atoms with van der Waals surface area (Å²) in [7, 11) is 1.81. The molecule has 0 aliphatic heterocycles. The third kappa shape index (κ3) is 3.90. The van der Waals surface area contributed by atoms with Gasteiger partial charge in [-0.3, -0.25) is 4.79 Å². The fraction of sp³-hybridized carbons (Fsp3) is 0.636. The van der Waals surface area contributed by atoms with E-state index in [1.807, 2.05) is 20.2 Å². The molecule has 0 aliphatic carbocycles. The topological polar surface area (TPSA) is 45.2 Å². The summed E-state index contributed by atoms with van der Waals surface area (Å²) in [6.07, 6.45) is 2.85. The van der Waals surface area contributed by atoms with Crippen molar-refractivity contribution in [2.45, 2.75) is 26.8 Å². The molecule has 5 heteroatoms. The average molecular weight is 241 g/mol. The second-order valence-corrected chi connectivity index (χ2v) is 4.79. The largest absolute Gasteiger partial charge is 0.345 e. The van der Waals surface area contributed by atoms with Gasteiger partial charge in [0.25, 0.3) is 0 Å². The fourth-order valence-corrected chi connectivity index (χ4v) is 2.03. The maximum atomic E-state index is 11.5. The van der Waals surface area contributed by atoms with E-state index in [1.165, 1.54) is 4.88 Å². The molecule has 1 amide bonds. The first-order chi connectivity index (χ1) is 7.67. The number of likely N-dealkylation sites (N-methyl/N-ethyl adjacent to an activating group) is 1. The number of thiazole rings is 1. The van der Waals surface area contributed by atoms with Crippen LogP contribution in [0.4, 0.5) is 0 Å². The molecule has 0 radical (unpaired) electrons. The summed E-state index contributed by atoms with van der Waals surface area (Å²) in [5, 5.41) is 4.28. The van der Waals surface area contributed by atoms with Gasteiger partial charge in [0.2, 0.25) is 5.91 Å². The minimum atomic E-state index is 0.128. The standard InChI is InChI=1S/C11H19N3OS/c1-4-10-13-7-9(16-10)6-12-8-11(15)14(3)5-2/h7,12H,4-6,8H2,1-3H3. The van der Waals surface area contributed by atoms with E-state index in [0.29, 0.717) is 6.54 Å². The number of hydrogen-bond donors (Lipinski definition) is 1. The van der Waals surface area contributed by atoms with Crippen molar-refractivity contribution in [2.24, 2.45) is 0 Å². The zero-order valence-electron chi connectivity index (χ0n) is 10.1. The molecule has 0 atom stereocenters. The Kier molecular flexibility index (Phi) is 5.42.